The average Bonchev–Trinajstić information content (AvgIpc) is 3.21. The zero-order chi connectivity index (χ0) is 21.8. The van der Waals surface area contributed by atoms with E-state index >= 15 is 0 Å². The zero-order valence-electron chi connectivity index (χ0n) is 18.4. The third-order valence-electron chi connectivity index (χ3n) is 6.43. The predicted octanol–water partition coefficient (Wildman–Crippen LogP) is 4.60. The van der Waals surface area contributed by atoms with Crippen LogP contribution in [0.4, 0.5) is 0 Å². The number of aromatic amines is 1. The van der Waals surface area contributed by atoms with Crippen molar-refractivity contribution in [2.24, 2.45) is 5.92 Å². The highest BCUT2D eigenvalue weighted by Gasteiger charge is 2.29. The van der Waals surface area contributed by atoms with Gasteiger partial charge >= 0.3 is 0 Å². The molecule has 0 bridgehead atoms. The number of nitrogens with one attached hydrogen (secondary N) is 1. The quantitative estimate of drug-likeness (QED) is 0.572. The van der Waals surface area contributed by atoms with Crippen molar-refractivity contribution in [3.63, 3.8) is 0 Å². The lowest BCUT2D eigenvalue weighted by atomic mass is 9.94. The van der Waals surface area contributed by atoms with Crippen molar-refractivity contribution in [3.05, 3.63) is 60.2 Å². The van der Waals surface area contributed by atoms with E-state index in [0.717, 1.165) is 66.7 Å². The molecule has 3 aromatic rings. The lowest BCUT2D eigenvalue weighted by molar-refractivity contribution is -0.136. The Balaban J connectivity index is 1.51. The SMILES string of the molecule is CCN(CC)C(=O)C1CCN(CC(=O)c2c(-c3ccccc3)[nH]c3ccccc23)CC1. The van der Waals surface area contributed by atoms with Crippen LogP contribution in [0.1, 0.15) is 37.0 Å². The predicted molar refractivity (Wildman–Crippen MR) is 125 cm³/mol. The van der Waals surface area contributed by atoms with Crippen LogP contribution >= 0.6 is 0 Å². The lowest BCUT2D eigenvalue weighted by Gasteiger charge is -2.33. The summed E-state index contributed by atoms with van der Waals surface area (Å²) in [6.45, 7) is 7.53. The minimum Gasteiger partial charge on any atom is -0.354 e. The van der Waals surface area contributed by atoms with Gasteiger partial charge in [0.2, 0.25) is 5.91 Å². The van der Waals surface area contributed by atoms with Crippen LogP contribution in [0, 0.1) is 5.92 Å². The number of piperidine rings is 1. The van der Waals surface area contributed by atoms with Crippen LogP contribution in [0.5, 0.6) is 0 Å². The fourth-order valence-corrected chi connectivity index (χ4v) is 4.67. The fourth-order valence-electron chi connectivity index (χ4n) is 4.67. The molecule has 1 aliphatic rings. The standard InChI is InChI=1S/C26H31N3O2/c1-3-29(4-2)26(31)20-14-16-28(17-15-20)18-23(30)24-21-12-8-9-13-22(21)27-25(24)19-10-6-5-7-11-19/h5-13,20,27H,3-4,14-18H2,1-2H3. The summed E-state index contributed by atoms with van der Waals surface area (Å²) in [6.07, 6.45) is 1.64. The summed E-state index contributed by atoms with van der Waals surface area (Å²) >= 11 is 0. The number of carbonyl (C=O) groups is 2. The van der Waals surface area contributed by atoms with E-state index in [1.807, 2.05) is 73.3 Å². The van der Waals surface area contributed by atoms with Gasteiger partial charge in [0, 0.05) is 29.9 Å². The number of hydrogen-bond acceptors (Lipinski definition) is 3. The van der Waals surface area contributed by atoms with Gasteiger partial charge < -0.3 is 9.88 Å². The van der Waals surface area contributed by atoms with Gasteiger partial charge in [-0.15, -0.1) is 0 Å². The fraction of sp³-hybridized carbons (Fsp3) is 0.385. The van der Waals surface area contributed by atoms with Gasteiger partial charge in [0.15, 0.2) is 5.78 Å². The summed E-state index contributed by atoms with van der Waals surface area (Å²) in [6, 6.07) is 18.0. The van der Waals surface area contributed by atoms with Crippen molar-refractivity contribution in [1.29, 1.82) is 0 Å². The molecule has 31 heavy (non-hydrogen) atoms. The second-order valence-electron chi connectivity index (χ2n) is 8.27. The molecule has 0 saturated carbocycles. The van der Waals surface area contributed by atoms with Gasteiger partial charge in [0.25, 0.3) is 0 Å². The molecule has 2 aromatic carbocycles. The van der Waals surface area contributed by atoms with E-state index in [0.29, 0.717) is 6.54 Å². The third kappa shape index (κ3) is 4.42. The molecule has 1 N–H and O–H groups in total. The maximum Gasteiger partial charge on any atom is 0.225 e. The molecule has 1 fully saturated rings. The van der Waals surface area contributed by atoms with Crippen LogP contribution in [-0.4, -0.2) is 59.2 Å². The normalized spacial score (nSPS) is 15.3. The minimum atomic E-state index is 0.0826. The smallest absolute Gasteiger partial charge is 0.225 e. The lowest BCUT2D eigenvalue weighted by Crippen LogP contribution is -2.43. The first-order valence-electron chi connectivity index (χ1n) is 11.3. The Morgan fingerprint density at radius 2 is 1.61 bits per heavy atom. The Bertz CT molecular complexity index is 1040. The van der Waals surface area contributed by atoms with Gasteiger partial charge in [-0.3, -0.25) is 14.5 Å². The number of nitrogens with zero attached hydrogens (tertiary/aromatic N) is 2. The average molecular weight is 418 g/mol. The van der Waals surface area contributed by atoms with Crippen LogP contribution in [-0.2, 0) is 4.79 Å². The molecule has 1 aromatic heterocycles. The molecule has 2 heterocycles. The van der Waals surface area contributed by atoms with Gasteiger partial charge in [0.1, 0.15) is 0 Å². The number of amides is 1. The number of fused-ring (bicyclic) bond motifs is 1. The van der Waals surface area contributed by atoms with Crippen molar-refractivity contribution >= 4 is 22.6 Å². The second-order valence-corrected chi connectivity index (χ2v) is 8.27. The molecule has 1 amide bonds. The highest BCUT2D eigenvalue weighted by Crippen LogP contribution is 2.31. The van der Waals surface area contributed by atoms with E-state index in [2.05, 4.69) is 9.88 Å². The molecule has 5 nitrogen and oxygen atoms in total. The number of benzene rings is 2. The molecule has 0 spiro atoms. The number of aromatic nitrogens is 1. The number of carbonyl (C=O) groups excluding carboxylic acids is 2. The molecular weight excluding hydrogens is 386 g/mol. The Hall–Kier alpha value is -2.92. The van der Waals surface area contributed by atoms with Crippen LogP contribution in [0.25, 0.3) is 22.2 Å². The molecule has 0 unspecified atom stereocenters. The third-order valence-corrected chi connectivity index (χ3v) is 6.43. The largest absolute Gasteiger partial charge is 0.354 e. The second kappa shape index (κ2) is 9.48. The van der Waals surface area contributed by atoms with Crippen LogP contribution in [0.2, 0.25) is 0 Å². The summed E-state index contributed by atoms with van der Waals surface area (Å²) in [5.74, 6) is 0.475. The molecule has 0 radical (unpaired) electrons. The monoisotopic (exact) mass is 417 g/mol. The number of para-hydroxylation sites is 1. The van der Waals surface area contributed by atoms with Crippen LogP contribution < -0.4 is 0 Å². The highest BCUT2D eigenvalue weighted by atomic mass is 16.2. The van der Waals surface area contributed by atoms with E-state index in [9.17, 15) is 9.59 Å². The van der Waals surface area contributed by atoms with E-state index in [4.69, 9.17) is 0 Å². The van der Waals surface area contributed by atoms with Gasteiger partial charge in [-0.25, -0.2) is 0 Å². The molecule has 5 heteroatoms. The number of hydrogen-bond donors (Lipinski definition) is 1. The van der Waals surface area contributed by atoms with Crippen molar-refractivity contribution in [2.75, 3.05) is 32.7 Å². The maximum absolute atomic E-state index is 13.5. The molecule has 162 valence electrons. The number of H-pyrrole nitrogens is 1. The van der Waals surface area contributed by atoms with E-state index in [1.54, 1.807) is 0 Å². The first kappa shape index (κ1) is 21.3. The van der Waals surface area contributed by atoms with Crippen LogP contribution in [0.3, 0.4) is 0 Å². The van der Waals surface area contributed by atoms with Crippen molar-refractivity contribution in [3.8, 4) is 11.3 Å². The molecule has 0 atom stereocenters. The number of rotatable bonds is 7. The van der Waals surface area contributed by atoms with Gasteiger partial charge in [0.05, 0.1) is 17.8 Å². The first-order valence-corrected chi connectivity index (χ1v) is 11.3. The zero-order valence-corrected chi connectivity index (χ0v) is 18.4. The van der Waals surface area contributed by atoms with E-state index in [-0.39, 0.29) is 17.6 Å². The first-order chi connectivity index (χ1) is 15.1. The maximum atomic E-state index is 13.5. The summed E-state index contributed by atoms with van der Waals surface area (Å²) in [5, 5.41) is 0.970. The Kier molecular flexibility index (Phi) is 6.52. The van der Waals surface area contributed by atoms with Gasteiger partial charge in [-0.2, -0.15) is 0 Å². The van der Waals surface area contributed by atoms with E-state index in [1.165, 1.54) is 0 Å². The Morgan fingerprint density at radius 1 is 0.968 bits per heavy atom. The summed E-state index contributed by atoms with van der Waals surface area (Å²) < 4.78 is 0. The summed E-state index contributed by atoms with van der Waals surface area (Å²) in [4.78, 5) is 33.7. The topological polar surface area (TPSA) is 56.4 Å². The molecule has 4 rings (SSSR count). The number of Topliss-reactive ketones (excluding diaryl/α,β-unsaturated/α-hetero) is 1. The Morgan fingerprint density at radius 3 is 2.29 bits per heavy atom. The van der Waals surface area contributed by atoms with Crippen LogP contribution in [0.15, 0.2) is 54.6 Å². The summed E-state index contributed by atoms with van der Waals surface area (Å²) in [7, 11) is 0. The highest BCUT2D eigenvalue weighted by molar-refractivity contribution is 6.14. The molecule has 0 aliphatic carbocycles. The molecule has 1 aliphatic heterocycles. The van der Waals surface area contributed by atoms with Crippen molar-refractivity contribution in [1.82, 2.24) is 14.8 Å². The number of ketones is 1. The molecular formula is C26H31N3O2. The Labute approximate surface area is 184 Å². The van der Waals surface area contributed by atoms with Crippen molar-refractivity contribution in [2.45, 2.75) is 26.7 Å². The van der Waals surface area contributed by atoms with Gasteiger partial charge in [-0.05, 0) is 51.4 Å². The summed E-state index contributed by atoms with van der Waals surface area (Å²) in [5.41, 5.74) is 3.65. The van der Waals surface area contributed by atoms with Crippen molar-refractivity contribution < 1.29 is 9.59 Å². The van der Waals surface area contributed by atoms with Gasteiger partial charge in [-0.1, -0.05) is 48.5 Å². The molecule has 1 saturated heterocycles. The minimum absolute atomic E-state index is 0.0826. The van der Waals surface area contributed by atoms with E-state index < -0.39 is 0 Å². The number of likely N-dealkylation sites (tertiary alicyclic amines) is 1.